The fourth-order valence-electron chi connectivity index (χ4n) is 3.79. The maximum atomic E-state index is 10.5. The van der Waals surface area contributed by atoms with Gasteiger partial charge in [-0.3, -0.25) is 14.8 Å². The second-order valence-electron chi connectivity index (χ2n) is 8.47. The molecule has 13 nitrogen and oxygen atoms in total. The highest BCUT2D eigenvalue weighted by atomic mass is 31.2. The molecule has 0 radical (unpaired) electrons. The molecule has 0 saturated heterocycles. The van der Waals surface area contributed by atoms with Gasteiger partial charge >= 0.3 is 7.82 Å². The summed E-state index contributed by atoms with van der Waals surface area (Å²) in [6.07, 6.45) is 4.37. The normalized spacial score (nSPS) is 10.5. The molecule has 2 aromatic heterocycles. The molecule has 0 saturated carbocycles. The van der Waals surface area contributed by atoms with Gasteiger partial charge in [-0.05, 0) is 48.2 Å². The quantitative estimate of drug-likeness (QED) is 0.145. The Kier molecular flexibility index (Phi) is 12.7. The van der Waals surface area contributed by atoms with Crippen molar-refractivity contribution in [3.8, 4) is 28.7 Å². The van der Waals surface area contributed by atoms with Crippen LogP contribution in [0.1, 0.15) is 32.9 Å². The van der Waals surface area contributed by atoms with Gasteiger partial charge in [-0.1, -0.05) is 6.07 Å². The van der Waals surface area contributed by atoms with Crippen LogP contribution in [0.3, 0.4) is 0 Å². The summed E-state index contributed by atoms with van der Waals surface area (Å²) >= 11 is 0. The predicted molar refractivity (Wildman–Crippen MR) is 153 cm³/mol. The number of aromatic nitrogens is 2. The Morgan fingerprint density at radius 3 is 1.98 bits per heavy atom. The summed E-state index contributed by atoms with van der Waals surface area (Å²) in [6.45, 7) is 1.29. The van der Waals surface area contributed by atoms with Crippen molar-refractivity contribution in [3.05, 3.63) is 76.9 Å². The van der Waals surface area contributed by atoms with Crippen molar-refractivity contribution in [3.63, 3.8) is 0 Å². The number of hydrogen-bond donors (Lipinski definition) is 5. The minimum atomic E-state index is -4.64. The molecule has 0 spiro atoms. The van der Waals surface area contributed by atoms with Gasteiger partial charge in [-0.2, -0.15) is 0 Å². The first-order valence-corrected chi connectivity index (χ1v) is 13.7. The molecule has 2 heterocycles. The Labute approximate surface area is 242 Å². The molecular weight excluding hydrogens is 571 g/mol. The summed E-state index contributed by atoms with van der Waals surface area (Å²) in [5.41, 5.74) is 2.89. The molecule has 5 N–H and O–H groups in total. The number of methoxy groups -OCH3 is 4. The molecule has 4 rings (SSSR count). The number of aliphatic hydroxyl groups is 1. The summed E-state index contributed by atoms with van der Waals surface area (Å²) in [4.78, 5) is 40.4. The fourth-order valence-corrected chi connectivity index (χ4v) is 3.79. The van der Waals surface area contributed by atoms with Gasteiger partial charge in [-0.15, -0.1) is 0 Å². The number of aromatic hydroxyl groups is 1. The lowest BCUT2D eigenvalue weighted by Crippen LogP contribution is -1.97. The summed E-state index contributed by atoms with van der Waals surface area (Å²) in [6, 6.07) is 11.8. The van der Waals surface area contributed by atoms with E-state index in [0.29, 0.717) is 47.0 Å². The van der Waals surface area contributed by atoms with E-state index in [9.17, 15) is 9.90 Å². The number of hydrogen-bond acceptors (Lipinski definition) is 10. The zero-order valence-corrected chi connectivity index (χ0v) is 24.5. The number of aliphatic hydroxyl groups excluding tert-OH is 1. The van der Waals surface area contributed by atoms with Crippen LogP contribution in [-0.4, -0.2) is 69.6 Å². The van der Waals surface area contributed by atoms with Gasteiger partial charge in [0.1, 0.15) is 5.75 Å². The Morgan fingerprint density at radius 2 is 1.43 bits per heavy atom. The Morgan fingerprint density at radius 1 is 0.857 bits per heavy atom. The van der Waals surface area contributed by atoms with Gasteiger partial charge in [0.05, 0.1) is 52.0 Å². The first-order valence-electron chi connectivity index (χ1n) is 12.1. The van der Waals surface area contributed by atoms with Gasteiger partial charge in [0.2, 0.25) is 0 Å². The Balaban J connectivity index is 0.000000300. The van der Waals surface area contributed by atoms with Crippen molar-refractivity contribution in [2.45, 2.75) is 20.0 Å². The van der Waals surface area contributed by atoms with Gasteiger partial charge in [0, 0.05) is 29.8 Å². The molecule has 0 bridgehead atoms. The van der Waals surface area contributed by atoms with Crippen molar-refractivity contribution in [1.29, 1.82) is 0 Å². The summed E-state index contributed by atoms with van der Waals surface area (Å²) in [5, 5.41) is 20.2. The number of pyridine rings is 2. The molecule has 0 unspecified atom stereocenters. The van der Waals surface area contributed by atoms with Crippen molar-refractivity contribution >= 4 is 24.9 Å². The summed E-state index contributed by atoms with van der Waals surface area (Å²) in [5.74, 6) is 2.66. The molecule has 0 aliphatic heterocycles. The maximum Gasteiger partial charge on any atom is 0.466 e. The number of aldehydes is 1. The molecule has 0 fully saturated rings. The lowest BCUT2D eigenvalue weighted by atomic mass is 10.0. The second-order valence-corrected chi connectivity index (χ2v) is 9.50. The fraction of sp³-hybridized carbons (Fsp3) is 0.250. The smallest absolute Gasteiger partial charge is 0.466 e. The zero-order valence-electron chi connectivity index (χ0n) is 23.6. The molecule has 0 aliphatic carbocycles. The second kappa shape index (κ2) is 15.7. The van der Waals surface area contributed by atoms with Crippen molar-refractivity contribution < 1.29 is 53.2 Å². The van der Waals surface area contributed by atoms with Crippen LogP contribution in [0.5, 0.6) is 28.7 Å². The molecule has 0 amide bonds. The Bertz CT molecular complexity index is 1550. The molecule has 0 atom stereocenters. The van der Waals surface area contributed by atoms with Crippen LogP contribution in [0, 0.1) is 6.92 Å². The number of rotatable bonds is 8. The number of phosphoric acid groups is 1. The van der Waals surface area contributed by atoms with E-state index in [4.69, 9.17) is 43.3 Å². The molecular formula is C28H33N2O11P. The van der Waals surface area contributed by atoms with Crippen LogP contribution in [-0.2, 0) is 17.6 Å². The molecule has 14 heteroatoms. The number of benzene rings is 2. The molecule has 226 valence electrons. The van der Waals surface area contributed by atoms with Gasteiger partial charge in [0.25, 0.3) is 0 Å². The van der Waals surface area contributed by atoms with Gasteiger partial charge < -0.3 is 43.8 Å². The molecule has 2 aromatic carbocycles. The predicted octanol–water partition coefficient (Wildman–Crippen LogP) is 3.33. The summed E-state index contributed by atoms with van der Waals surface area (Å²) < 4.78 is 30.4. The number of aryl methyl sites for hydroxylation is 1. The average molecular weight is 605 g/mol. The minimum Gasteiger partial charge on any atom is -0.505 e. The van der Waals surface area contributed by atoms with Crippen LogP contribution >= 0.6 is 7.82 Å². The van der Waals surface area contributed by atoms with Gasteiger partial charge in [-0.25, -0.2) is 4.57 Å². The zero-order chi connectivity index (χ0) is 31.4. The van der Waals surface area contributed by atoms with Crippen LogP contribution in [0.2, 0.25) is 0 Å². The lowest BCUT2D eigenvalue weighted by molar-refractivity contribution is 0.111. The first-order chi connectivity index (χ1) is 19.9. The Hall–Kier alpha value is -4.26. The van der Waals surface area contributed by atoms with Gasteiger partial charge in [0.15, 0.2) is 29.3 Å². The third-order valence-corrected chi connectivity index (χ3v) is 5.82. The van der Waals surface area contributed by atoms with Crippen molar-refractivity contribution in [1.82, 2.24) is 9.97 Å². The highest BCUT2D eigenvalue weighted by molar-refractivity contribution is 7.45. The van der Waals surface area contributed by atoms with Crippen LogP contribution in [0.4, 0.5) is 0 Å². The lowest BCUT2D eigenvalue weighted by Gasteiger charge is -2.12. The number of nitrogens with zero attached hydrogens (tertiary/aromatic N) is 2. The van der Waals surface area contributed by atoms with Crippen LogP contribution in [0.25, 0.3) is 10.8 Å². The molecule has 4 aromatic rings. The van der Waals surface area contributed by atoms with E-state index in [1.807, 2.05) is 42.6 Å². The molecule has 0 aliphatic rings. The standard InChI is InChI=1S/C20H21NO4.C8H9NO3.H3O4P/c1-22-17-6-5-13(10-18(17)23-2)9-16-15-12-20(25-4)19(24-3)11-14(15)7-8-21-16;1-5-8(12)7(4-11)6(3-10)2-9-5;1-5(2,3)4/h5-8,10-12H,9H2,1-4H3;2,4,10,12H,3H2,1H3;(H3,1,2,3,4). The van der Waals surface area contributed by atoms with E-state index < -0.39 is 7.82 Å². The van der Waals surface area contributed by atoms with Crippen molar-refractivity contribution in [2.75, 3.05) is 28.4 Å². The maximum absolute atomic E-state index is 10.5. The van der Waals surface area contributed by atoms with E-state index >= 15 is 0 Å². The van der Waals surface area contributed by atoms with E-state index in [1.54, 1.807) is 35.4 Å². The number of fused-ring (bicyclic) bond motifs is 1. The van der Waals surface area contributed by atoms with E-state index in [0.717, 1.165) is 22.0 Å². The topological polar surface area (TPSA) is 198 Å². The van der Waals surface area contributed by atoms with E-state index in [2.05, 4.69) is 9.97 Å². The SMILES string of the molecule is COc1ccc(Cc2nccc3cc(OC)c(OC)cc23)cc1OC.Cc1ncc(CO)c(C=O)c1O.O=P(O)(O)O. The van der Waals surface area contributed by atoms with E-state index in [1.165, 1.54) is 6.20 Å². The van der Waals surface area contributed by atoms with Crippen molar-refractivity contribution in [2.24, 2.45) is 0 Å². The summed E-state index contributed by atoms with van der Waals surface area (Å²) in [7, 11) is 1.89. The number of ether oxygens (including phenoxy) is 4. The number of carbonyl (C=O) groups is 1. The number of carbonyl (C=O) groups excluding carboxylic acids is 1. The third kappa shape index (κ3) is 9.40. The van der Waals surface area contributed by atoms with E-state index in [-0.39, 0.29) is 17.9 Å². The largest absolute Gasteiger partial charge is 0.505 e. The third-order valence-electron chi connectivity index (χ3n) is 5.82. The minimum absolute atomic E-state index is 0.116. The highest BCUT2D eigenvalue weighted by Gasteiger charge is 2.12. The first kappa shape index (κ1) is 33.9. The highest BCUT2D eigenvalue weighted by Crippen LogP contribution is 2.34. The monoisotopic (exact) mass is 604 g/mol. The van der Waals surface area contributed by atoms with Crippen LogP contribution in [0.15, 0.2) is 48.8 Å². The van der Waals surface area contributed by atoms with Crippen LogP contribution < -0.4 is 18.9 Å². The average Bonchev–Trinajstić information content (AvgIpc) is 2.97. The molecule has 42 heavy (non-hydrogen) atoms.